The molecule has 35 heavy (non-hydrogen) atoms. The first kappa shape index (κ1) is 27.2. The summed E-state index contributed by atoms with van der Waals surface area (Å²) in [6, 6.07) is 8.00. The Kier molecular flexibility index (Phi) is 11.0. The van der Waals surface area contributed by atoms with E-state index in [2.05, 4.69) is 6.92 Å². The summed E-state index contributed by atoms with van der Waals surface area (Å²) in [5, 5.41) is 0. The molecule has 0 amide bonds. The van der Waals surface area contributed by atoms with E-state index in [1.54, 1.807) is 12.1 Å². The standard InChI is InChI=1S/C30H42FNO3/c1-3-4-5-6-7-8-9-10-11-16-21-35-30(34)25-18-14-15-20-32-27(25)22-23(2)28(32)29(33)24-17-12-13-19-26(24)31/h12-13,17,19,22,25H,3-11,14-16,18,20-21H2,1-2H3. The quantitative estimate of drug-likeness (QED) is 0.156. The molecule has 1 unspecified atom stereocenters. The molecular formula is C30H42FNO3. The predicted molar refractivity (Wildman–Crippen MR) is 138 cm³/mol. The number of nitrogens with zero attached hydrogens (tertiary/aromatic N) is 1. The van der Waals surface area contributed by atoms with Crippen LogP contribution in [0.3, 0.4) is 0 Å². The fourth-order valence-corrected chi connectivity index (χ4v) is 5.18. The Morgan fingerprint density at radius 2 is 1.63 bits per heavy atom. The van der Waals surface area contributed by atoms with Gasteiger partial charge in [0.1, 0.15) is 5.82 Å². The maximum absolute atomic E-state index is 14.3. The number of ether oxygens (including phenoxy) is 1. The fraction of sp³-hybridized carbons (Fsp3) is 0.600. The second-order valence-corrected chi connectivity index (χ2v) is 9.96. The predicted octanol–water partition coefficient (Wildman–Crippen LogP) is 7.90. The number of fused-ring (bicyclic) bond motifs is 1. The number of hydrogen-bond acceptors (Lipinski definition) is 3. The maximum atomic E-state index is 14.3. The van der Waals surface area contributed by atoms with Crippen LogP contribution in [0.2, 0.25) is 0 Å². The SMILES string of the molecule is CCCCCCCCCCCCOC(=O)C1CCCCn2c1cc(C)c2C(=O)c1ccccc1F. The molecule has 1 atom stereocenters. The highest BCUT2D eigenvalue weighted by Crippen LogP contribution is 2.33. The third kappa shape index (κ3) is 7.52. The Balaban J connectivity index is 1.53. The third-order valence-electron chi connectivity index (χ3n) is 7.16. The number of benzene rings is 1. The second kappa shape index (κ2) is 14.2. The Morgan fingerprint density at radius 1 is 0.971 bits per heavy atom. The number of esters is 1. The van der Waals surface area contributed by atoms with Gasteiger partial charge in [0.2, 0.25) is 5.78 Å². The number of carbonyl (C=O) groups excluding carboxylic acids is 2. The van der Waals surface area contributed by atoms with Crippen LogP contribution in [0.4, 0.5) is 4.39 Å². The first-order valence-corrected chi connectivity index (χ1v) is 13.7. The minimum Gasteiger partial charge on any atom is -0.465 e. The van der Waals surface area contributed by atoms with Gasteiger partial charge in [0, 0.05) is 12.2 Å². The van der Waals surface area contributed by atoms with Crippen LogP contribution in [-0.4, -0.2) is 22.9 Å². The van der Waals surface area contributed by atoms with E-state index in [0.717, 1.165) is 36.9 Å². The van der Waals surface area contributed by atoms with Crippen LogP contribution < -0.4 is 0 Å². The summed E-state index contributed by atoms with van der Waals surface area (Å²) in [5.41, 5.74) is 2.16. The molecule has 0 fully saturated rings. The van der Waals surface area contributed by atoms with Crippen LogP contribution in [-0.2, 0) is 16.1 Å². The van der Waals surface area contributed by atoms with Gasteiger partial charge >= 0.3 is 5.97 Å². The average molecular weight is 484 g/mol. The van der Waals surface area contributed by atoms with Gasteiger partial charge < -0.3 is 9.30 Å². The van der Waals surface area contributed by atoms with E-state index in [1.807, 2.05) is 17.6 Å². The molecule has 0 spiro atoms. The summed E-state index contributed by atoms with van der Waals surface area (Å²) >= 11 is 0. The fourth-order valence-electron chi connectivity index (χ4n) is 5.18. The molecule has 192 valence electrons. The van der Waals surface area contributed by atoms with E-state index >= 15 is 0 Å². The Hall–Kier alpha value is -2.43. The Labute approximate surface area is 210 Å². The van der Waals surface area contributed by atoms with Gasteiger partial charge in [0.25, 0.3) is 0 Å². The van der Waals surface area contributed by atoms with Gasteiger partial charge in [-0.2, -0.15) is 0 Å². The van der Waals surface area contributed by atoms with Gasteiger partial charge in [0.15, 0.2) is 0 Å². The van der Waals surface area contributed by atoms with Gasteiger partial charge in [-0.25, -0.2) is 4.39 Å². The lowest BCUT2D eigenvalue weighted by atomic mass is 9.99. The van der Waals surface area contributed by atoms with Crippen LogP contribution in [0.25, 0.3) is 0 Å². The molecule has 0 saturated carbocycles. The normalized spacial score (nSPS) is 15.5. The lowest BCUT2D eigenvalue weighted by Gasteiger charge is -2.16. The zero-order chi connectivity index (χ0) is 25.0. The number of aromatic nitrogens is 1. The largest absolute Gasteiger partial charge is 0.465 e. The zero-order valence-electron chi connectivity index (χ0n) is 21.6. The summed E-state index contributed by atoms with van der Waals surface area (Å²) in [6.45, 7) is 5.21. The van der Waals surface area contributed by atoms with Gasteiger partial charge in [-0.1, -0.05) is 83.3 Å². The van der Waals surface area contributed by atoms with E-state index in [9.17, 15) is 14.0 Å². The van der Waals surface area contributed by atoms with E-state index in [0.29, 0.717) is 25.3 Å². The van der Waals surface area contributed by atoms with Crippen LogP contribution in [0.1, 0.15) is 124 Å². The number of ketones is 1. The molecule has 1 aromatic carbocycles. The van der Waals surface area contributed by atoms with Crippen molar-refractivity contribution < 1.29 is 18.7 Å². The van der Waals surface area contributed by atoms with Gasteiger partial charge in [-0.15, -0.1) is 0 Å². The van der Waals surface area contributed by atoms with Crippen molar-refractivity contribution in [1.29, 1.82) is 0 Å². The summed E-state index contributed by atoms with van der Waals surface area (Å²) in [5.74, 6) is -1.42. The van der Waals surface area contributed by atoms with Gasteiger partial charge in [-0.05, 0) is 49.9 Å². The van der Waals surface area contributed by atoms with E-state index in [-0.39, 0.29) is 23.2 Å². The topological polar surface area (TPSA) is 48.3 Å². The molecule has 0 aliphatic carbocycles. The molecule has 5 heteroatoms. The van der Waals surface area contributed by atoms with E-state index in [1.165, 1.54) is 63.5 Å². The van der Waals surface area contributed by atoms with E-state index < -0.39 is 5.82 Å². The molecule has 0 saturated heterocycles. The zero-order valence-corrected chi connectivity index (χ0v) is 21.6. The lowest BCUT2D eigenvalue weighted by molar-refractivity contribution is -0.146. The van der Waals surface area contributed by atoms with Gasteiger partial charge in [-0.3, -0.25) is 9.59 Å². The molecule has 0 radical (unpaired) electrons. The van der Waals surface area contributed by atoms with Crippen LogP contribution >= 0.6 is 0 Å². The molecule has 0 N–H and O–H groups in total. The maximum Gasteiger partial charge on any atom is 0.314 e. The lowest BCUT2D eigenvalue weighted by Crippen LogP contribution is -2.20. The van der Waals surface area contributed by atoms with E-state index in [4.69, 9.17) is 4.74 Å². The molecular weight excluding hydrogens is 441 g/mol. The molecule has 1 aliphatic heterocycles. The van der Waals surface area contributed by atoms with Gasteiger partial charge in [0.05, 0.1) is 23.8 Å². The van der Waals surface area contributed by atoms with Crippen molar-refractivity contribution >= 4 is 11.8 Å². The number of rotatable bonds is 14. The first-order valence-electron chi connectivity index (χ1n) is 13.7. The highest BCUT2D eigenvalue weighted by molar-refractivity contribution is 6.09. The minimum absolute atomic E-state index is 0.0702. The van der Waals surface area contributed by atoms with Crippen LogP contribution in [0.5, 0.6) is 0 Å². The van der Waals surface area contributed by atoms with Crippen molar-refractivity contribution in [3.05, 3.63) is 58.7 Å². The molecule has 1 aliphatic rings. The van der Waals surface area contributed by atoms with Crippen molar-refractivity contribution in [1.82, 2.24) is 4.57 Å². The number of aryl methyl sites for hydroxylation is 1. The number of halogens is 1. The monoisotopic (exact) mass is 483 g/mol. The third-order valence-corrected chi connectivity index (χ3v) is 7.16. The molecule has 0 bridgehead atoms. The highest BCUT2D eigenvalue weighted by atomic mass is 19.1. The molecule has 4 nitrogen and oxygen atoms in total. The number of hydrogen-bond donors (Lipinski definition) is 0. The molecule has 2 aromatic rings. The summed E-state index contributed by atoms with van der Waals surface area (Å²) in [4.78, 5) is 26.2. The summed E-state index contributed by atoms with van der Waals surface area (Å²) in [6.07, 6.45) is 14.9. The molecule has 2 heterocycles. The van der Waals surface area contributed by atoms with Crippen molar-refractivity contribution in [2.45, 2.75) is 110 Å². The second-order valence-electron chi connectivity index (χ2n) is 9.96. The number of unbranched alkanes of at least 4 members (excludes halogenated alkanes) is 9. The highest BCUT2D eigenvalue weighted by Gasteiger charge is 2.31. The van der Waals surface area contributed by atoms with Crippen LogP contribution in [0, 0.1) is 12.7 Å². The van der Waals surface area contributed by atoms with Crippen molar-refractivity contribution in [2.75, 3.05) is 6.61 Å². The van der Waals surface area contributed by atoms with Crippen LogP contribution in [0.15, 0.2) is 30.3 Å². The molecule has 1 aromatic heterocycles. The van der Waals surface area contributed by atoms with Crippen molar-refractivity contribution in [3.63, 3.8) is 0 Å². The van der Waals surface area contributed by atoms with Crippen molar-refractivity contribution in [2.24, 2.45) is 0 Å². The Bertz CT molecular complexity index is 965. The number of carbonyl (C=O) groups is 2. The minimum atomic E-state index is -0.520. The molecule has 3 rings (SSSR count). The first-order chi connectivity index (χ1) is 17.0. The average Bonchev–Trinajstić information content (AvgIpc) is 3.03. The summed E-state index contributed by atoms with van der Waals surface area (Å²) < 4.78 is 21.9. The smallest absolute Gasteiger partial charge is 0.314 e. The van der Waals surface area contributed by atoms with Crippen molar-refractivity contribution in [3.8, 4) is 0 Å². The summed E-state index contributed by atoms with van der Waals surface area (Å²) in [7, 11) is 0. The Morgan fingerprint density at radius 3 is 2.31 bits per heavy atom.